The highest BCUT2D eigenvalue weighted by atomic mass is 35.5. The molecule has 3 unspecified atom stereocenters. The van der Waals surface area contributed by atoms with Crippen molar-refractivity contribution in [2.75, 3.05) is 0 Å². The van der Waals surface area contributed by atoms with Crippen LogP contribution in [0.4, 0.5) is 0 Å². The van der Waals surface area contributed by atoms with E-state index in [4.69, 9.17) is 23.2 Å². The van der Waals surface area contributed by atoms with E-state index in [9.17, 15) is 4.79 Å². The molecule has 0 radical (unpaired) electrons. The van der Waals surface area contributed by atoms with E-state index in [1.807, 2.05) is 0 Å². The summed E-state index contributed by atoms with van der Waals surface area (Å²) >= 11 is 11.6. The zero-order valence-corrected chi connectivity index (χ0v) is 12.6. The number of carbonyl (C=O) groups excluding carboxylic acids is 1. The van der Waals surface area contributed by atoms with Crippen molar-refractivity contribution in [3.63, 3.8) is 0 Å². The van der Waals surface area contributed by atoms with Gasteiger partial charge in [0.15, 0.2) is 0 Å². The maximum atomic E-state index is 12.2. The lowest BCUT2D eigenvalue weighted by atomic mass is 9.93. The molecule has 0 aliphatic heterocycles. The second kappa shape index (κ2) is 6.10. The number of nitrogens with zero attached hydrogens (tertiary/aromatic N) is 1. The summed E-state index contributed by atoms with van der Waals surface area (Å²) in [5, 5.41) is 3.60. The third-order valence-corrected chi connectivity index (χ3v) is 4.81. The molecule has 1 amide bonds. The fourth-order valence-electron chi connectivity index (χ4n) is 2.82. The maximum absolute atomic E-state index is 12.2. The van der Waals surface area contributed by atoms with E-state index in [2.05, 4.69) is 24.1 Å². The molecule has 0 saturated heterocycles. The van der Waals surface area contributed by atoms with Gasteiger partial charge in [0, 0.05) is 12.2 Å². The standard InChI is InChI=1S/C14H18Cl2N2O/c1-3-9-4-5-12(8(9)2)18-14(19)10-6-11(15)13(16)17-7-10/h6-9,12H,3-5H2,1-2H3,(H,18,19). The molecule has 1 aliphatic rings. The molecule has 3 nitrogen and oxygen atoms in total. The van der Waals surface area contributed by atoms with Crippen LogP contribution in [-0.2, 0) is 0 Å². The molecule has 1 heterocycles. The molecule has 19 heavy (non-hydrogen) atoms. The SMILES string of the molecule is CCC1CCC(NC(=O)c2cnc(Cl)c(Cl)c2)C1C. The Morgan fingerprint density at radius 2 is 2.21 bits per heavy atom. The number of carbonyl (C=O) groups is 1. The zero-order valence-electron chi connectivity index (χ0n) is 11.1. The summed E-state index contributed by atoms with van der Waals surface area (Å²) in [4.78, 5) is 16.0. The Morgan fingerprint density at radius 3 is 2.79 bits per heavy atom. The minimum Gasteiger partial charge on any atom is -0.349 e. The van der Waals surface area contributed by atoms with Crippen LogP contribution in [0.1, 0.15) is 43.5 Å². The molecule has 104 valence electrons. The predicted molar refractivity (Wildman–Crippen MR) is 77.7 cm³/mol. The molecule has 3 atom stereocenters. The Morgan fingerprint density at radius 1 is 1.47 bits per heavy atom. The van der Waals surface area contributed by atoms with Crippen LogP contribution < -0.4 is 5.32 Å². The maximum Gasteiger partial charge on any atom is 0.253 e. The lowest BCUT2D eigenvalue weighted by Crippen LogP contribution is -2.37. The van der Waals surface area contributed by atoms with Crippen molar-refractivity contribution in [2.45, 2.75) is 39.2 Å². The van der Waals surface area contributed by atoms with Gasteiger partial charge in [-0.05, 0) is 30.7 Å². The van der Waals surface area contributed by atoms with E-state index in [1.54, 1.807) is 6.07 Å². The van der Waals surface area contributed by atoms with E-state index in [0.29, 0.717) is 22.4 Å². The number of nitrogens with one attached hydrogen (secondary N) is 1. The highest BCUT2D eigenvalue weighted by Crippen LogP contribution is 2.34. The number of hydrogen-bond donors (Lipinski definition) is 1. The molecule has 0 spiro atoms. The number of amides is 1. The van der Waals surface area contributed by atoms with Gasteiger partial charge in [0.1, 0.15) is 5.15 Å². The quantitative estimate of drug-likeness (QED) is 0.859. The first-order valence-corrected chi connectivity index (χ1v) is 7.40. The van der Waals surface area contributed by atoms with Gasteiger partial charge in [-0.15, -0.1) is 0 Å². The van der Waals surface area contributed by atoms with Crippen molar-refractivity contribution >= 4 is 29.1 Å². The van der Waals surface area contributed by atoms with Crippen LogP contribution >= 0.6 is 23.2 Å². The molecule has 1 saturated carbocycles. The van der Waals surface area contributed by atoms with E-state index in [0.717, 1.165) is 6.42 Å². The molecule has 1 aromatic heterocycles. The van der Waals surface area contributed by atoms with Gasteiger partial charge in [-0.3, -0.25) is 4.79 Å². The molecule has 1 fully saturated rings. The van der Waals surface area contributed by atoms with Crippen LogP contribution in [0.2, 0.25) is 10.2 Å². The van der Waals surface area contributed by atoms with Gasteiger partial charge in [-0.1, -0.05) is 43.5 Å². The van der Waals surface area contributed by atoms with Gasteiger partial charge in [0.25, 0.3) is 5.91 Å². The summed E-state index contributed by atoms with van der Waals surface area (Å²) in [5.74, 6) is 1.10. The summed E-state index contributed by atoms with van der Waals surface area (Å²) in [6.07, 6.45) is 4.85. The largest absolute Gasteiger partial charge is 0.349 e. The van der Waals surface area contributed by atoms with E-state index >= 15 is 0 Å². The molecule has 0 aromatic carbocycles. The minimum absolute atomic E-state index is 0.125. The van der Waals surface area contributed by atoms with E-state index in [1.165, 1.54) is 19.0 Å². The summed E-state index contributed by atoms with van der Waals surface area (Å²) in [6.45, 7) is 4.41. The van der Waals surface area contributed by atoms with Crippen LogP contribution in [-0.4, -0.2) is 16.9 Å². The minimum atomic E-state index is -0.125. The molecule has 1 aliphatic carbocycles. The van der Waals surface area contributed by atoms with Gasteiger partial charge >= 0.3 is 0 Å². The average Bonchev–Trinajstić information content (AvgIpc) is 2.73. The highest BCUT2D eigenvalue weighted by molar-refractivity contribution is 6.41. The Bertz CT molecular complexity index is 479. The van der Waals surface area contributed by atoms with Crippen molar-refractivity contribution in [3.05, 3.63) is 28.0 Å². The number of halogens is 2. The Balaban J connectivity index is 2.03. The molecule has 1 aromatic rings. The van der Waals surface area contributed by atoms with Crippen molar-refractivity contribution in [1.29, 1.82) is 0 Å². The third-order valence-electron chi connectivity index (χ3n) is 4.13. The Kier molecular flexibility index (Phi) is 4.69. The van der Waals surface area contributed by atoms with Crippen LogP contribution in [0, 0.1) is 11.8 Å². The predicted octanol–water partition coefficient (Wildman–Crippen LogP) is 3.94. The second-order valence-corrected chi connectivity index (χ2v) is 5.95. The topological polar surface area (TPSA) is 42.0 Å². The van der Waals surface area contributed by atoms with Crippen LogP contribution in [0.3, 0.4) is 0 Å². The van der Waals surface area contributed by atoms with Gasteiger partial charge in [-0.2, -0.15) is 0 Å². The third kappa shape index (κ3) is 3.21. The number of aromatic nitrogens is 1. The van der Waals surface area contributed by atoms with E-state index < -0.39 is 0 Å². The summed E-state index contributed by atoms with van der Waals surface area (Å²) in [5.41, 5.74) is 0.460. The normalized spacial score (nSPS) is 26.4. The first kappa shape index (κ1) is 14.6. The Hall–Kier alpha value is -0.800. The van der Waals surface area contributed by atoms with Crippen LogP contribution in [0.25, 0.3) is 0 Å². The van der Waals surface area contributed by atoms with Crippen LogP contribution in [0.5, 0.6) is 0 Å². The number of rotatable bonds is 3. The molecule has 1 N–H and O–H groups in total. The lowest BCUT2D eigenvalue weighted by Gasteiger charge is -2.21. The molecule has 2 rings (SSSR count). The van der Waals surface area contributed by atoms with Crippen molar-refractivity contribution < 1.29 is 4.79 Å². The number of hydrogen-bond acceptors (Lipinski definition) is 2. The Labute approximate surface area is 123 Å². The fraction of sp³-hybridized carbons (Fsp3) is 0.571. The number of pyridine rings is 1. The average molecular weight is 301 g/mol. The summed E-state index contributed by atoms with van der Waals surface area (Å²) in [6, 6.07) is 1.80. The van der Waals surface area contributed by atoms with Gasteiger partial charge < -0.3 is 5.32 Å². The van der Waals surface area contributed by atoms with Gasteiger partial charge in [0.2, 0.25) is 0 Å². The molecular formula is C14H18Cl2N2O. The molecule has 5 heteroatoms. The second-order valence-electron chi connectivity index (χ2n) is 5.18. The van der Waals surface area contributed by atoms with Crippen molar-refractivity contribution in [3.8, 4) is 0 Å². The monoisotopic (exact) mass is 300 g/mol. The highest BCUT2D eigenvalue weighted by Gasteiger charge is 2.32. The smallest absolute Gasteiger partial charge is 0.253 e. The first-order valence-electron chi connectivity index (χ1n) is 6.64. The van der Waals surface area contributed by atoms with Crippen molar-refractivity contribution in [1.82, 2.24) is 10.3 Å². The molecular weight excluding hydrogens is 283 g/mol. The molecule has 0 bridgehead atoms. The summed E-state index contributed by atoms with van der Waals surface area (Å²) < 4.78 is 0. The fourth-order valence-corrected chi connectivity index (χ4v) is 3.09. The van der Waals surface area contributed by atoms with Crippen molar-refractivity contribution in [2.24, 2.45) is 11.8 Å². The lowest BCUT2D eigenvalue weighted by molar-refractivity contribution is 0.0926. The van der Waals surface area contributed by atoms with Crippen LogP contribution in [0.15, 0.2) is 12.3 Å². The van der Waals surface area contributed by atoms with E-state index in [-0.39, 0.29) is 17.1 Å². The summed E-state index contributed by atoms with van der Waals surface area (Å²) in [7, 11) is 0. The zero-order chi connectivity index (χ0) is 14.0. The van der Waals surface area contributed by atoms with Gasteiger partial charge in [0.05, 0.1) is 10.6 Å². The first-order chi connectivity index (χ1) is 9.02. The van der Waals surface area contributed by atoms with Gasteiger partial charge in [-0.25, -0.2) is 4.98 Å².